The van der Waals surface area contributed by atoms with Crippen molar-refractivity contribution in [3.8, 4) is 6.01 Å². The molecule has 0 saturated heterocycles. The maximum atomic E-state index is 5.83. The van der Waals surface area contributed by atoms with Crippen LogP contribution in [0, 0.1) is 0 Å². The molecule has 0 spiro atoms. The Bertz CT molecular complexity index is 292. The van der Waals surface area contributed by atoms with Gasteiger partial charge < -0.3 is 10.2 Å². The summed E-state index contributed by atoms with van der Waals surface area (Å²) in [5.74, 6) is 0.526. The number of hydrazine groups is 1. The number of hydrogen-bond donors (Lipinski definition) is 1. The Morgan fingerprint density at radius 1 is 1.54 bits per heavy atom. The van der Waals surface area contributed by atoms with Crippen LogP contribution in [0.5, 0.6) is 6.01 Å². The zero-order chi connectivity index (χ0) is 9.84. The Morgan fingerprint density at radius 2 is 2.23 bits per heavy atom. The fourth-order valence-electron chi connectivity index (χ4n) is 0.740. The fraction of sp³-hybridized carbons (Fsp3) is 0.429. The van der Waals surface area contributed by atoms with Crippen molar-refractivity contribution in [2.45, 2.75) is 0 Å². The molecular formula is C7H11ClN4O. The van der Waals surface area contributed by atoms with Gasteiger partial charge in [-0.1, -0.05) is 11.6 Å². The Hall–Kier alpha value is -1.07. The second-order valence-electron chi connectivity index (χ2n) is 2.56. The van der Waals surface area contributed by atoms with E-state index in [-0.39, 0.29) is 6.01 Å². The van der Waals surface area contributed by atoms with Gasteiger partial charge in [-0.2, -0.15) is 4.98 Å². The van der Waals surface area contributed by atoms with Gasteiger partial charge in [-0.3, -0.25) is 0 Å². The minimum atomic E-state index is 0.286. The van der Waals surface area contributed by atoms with Crippen molar-refractivity contribution in [1.82, 2.24) is 15.0 Å². The molecule has 0 aliphatic heterocycles. The number of anilines is 1. The molecule has 0 bridgehead atoms. The maximum Gasteiger partial charge on any atom is 0.318 e. The number of halogens is 1. The molecule has 1 aromatic rings. The first kappa shape index (κ1) is 10.0. The molecule has 0 atom stereocenters. The lowest BCUT2D eigenvalue weighted by atomic mass is 10.6. The van der Waals surface area contributed by atoms with Crippen molar-refractivity contribution in [2.75, 3.05) is 26.6 Å². The van der Waals surface area contributed by atoms with Crippen LogP contribution in [0.1, 0.15) is 0 Å². The molecule has 6 heteroatoms. The van der Waals surface area contributed by atoms with Crippen LogP contribution in [-0.4, -0.2) is 36.2 Å². The number of ether oxygens (including phenoxy) is 1. The predicted octanol–water partition coefficient (Wildman–Crippen LogP) is 1.03. The first-order valence-corrected chi connectivity index (χ1v) is 4.02. The minimum absolute atomic E-state index is 0.286. The van der Waals surface area contributed by atoms with Crippen molar-refractivity contribution >= 4 is 17.4 Å². The number of nitrogens with zero attached hydrogens (tertiary/aromatic N) is 3. The highest BCUT2D eigenvalue weighted by Crippen LogP contribution is 2.19. The van der Waals surface area contributed by atoms with E-state index < -0.39 is 0 Å². The van der Waals surface area contributed by atoms with E-state index in [1.807, 2.05) is 14.1 Å². The molecule has 72 valence electrons. The van der Waals surface area contributed by atoms with E-state index in [9.17, 15) is 0 Å². The van der Waals surface area contributed by atoms with E-state index in [0.29, 0.717) is 10.8 Å². The number of rotatable bonds is 3. The summed E-state index contributed by atoms with van der Waals surface area (Å²) >= 11 is 5.83. The average Bonchev–Trinajstić information content (AvgIpc) is 2.08. The molecule has 1 heterocycles. The standard InChI is InChI=1S/C7H11ClN4O/c1-12(2)11-6-5(8)4-9-7(10-6)13-3/h4H,1-3H3,(H,9,10,11). The molecule has 0 unspecified atom stereocenters. The summed E-state index contributed by atoms with van der Waals surface area (Å²) in [6.07, 6.45) is 1.49. The molecule has 13 heavy (non-hydrogen) atoms. The van der Waals surface area contributed by atoms with Crippen LogP contribution in [0.2, 0.25) is 5.02 Å². The summed E-state index contributed by atoms with van der Waals surface area (Å²) < 4.78 is 4.85. The second-order valence-corrected chi connectivity index (χ2v) is 2.97. The van der Waals surface area contributed by atoms with Crippen LogP contribution in [0.25, 0.3) is 0 Å². The molecule has 1 N–H and O–H groups in total. The van der Waals surface area contributed by atoms with Gasteiger partial charge in [-0.05, 0) is 0 Å². The third-order valence-electron chi connectivity index (χ3n) is 1.23. The Morgan fingerprint density at radius 3 is 2.77 bits per heavy atom. The topological polar surface area (TPSA) is 50.3 Å². The SMILES string of the molecule is COc1ncc(Cl)c(NN(C)C)n1. The number of aromatic nitrogens is 2. The van der Waals surface area contributed by atoms with Crippen LogP contribution in [-0.2, 0) is 0 Å². The van der Waals surface area contributed by atoms with Crippen LogP contribution in [0.4, 0.5) is 5.82 Å². The normalized spacial score (nSPS) is 10.2. The molecule has 5 nitrogen and oxygen atoms in total. The lowest BCUT2D eigenvalue weighted by molar-refractivity contribution is 0.379. The number of nitrogens with one attached hydrogen (secondary N) is 1. The summed E-state index contributed by atoms with van der Waals surface area (Å²) in [6.45, 7) is 0. The van der Waals surface area contributed by atoms with Gasteiger partial charge in [0.25, 0.3) is 0 Å². The lowest BCUT2D eigenvalue weighted by Gasteiger charge is -2.13. The van der Waals surface area contributed by atoms with Gasteiger partial charge in [-0.15, -0.1) is 0 Å². The smallest absolute Gasteiger partial charge is 0.318 e. The highest BCUT2D eigenvalue weighted by molar-refractivity contribution is 6.32. The Labute approximate surface area is 81.7 Å². The minimum Gasteiger partial charge on any atom is -0.467 e. The molecule has 0 amide bonds. The highest BCUT2D eigenvalue weighted by atomic mass is 35.5. The van der Waals surface area contributed by atoms with Crippen molar-refractivity contribution in [2.24, 2.45) is 0 Å². The average molecular weight is 203 g/mol. The highest BCUT2D eigenvalue weighted by Gasteiger charge is 2.05. The van der Waals surface area contributed by atoms with Gasteiger partial charge in [0.15, 0.2) is 5.82 Å². The van der Waals surface area contributed by atoms with Gasteiger partial charge in [0, 0.05) is 14.1 Å². The summed E-state index contributed by atoms with van der Waals surface area (Å²) in [5, 5.41) is 2.18. The van der Waals surface area contributed by atoms with Gasteiger partial charge >= 0.3 is 6.01 Å². The van der Waals surface area contributed by atoms with Crippen molar-refractivity contribution in [3.05, 3.63) is 11.2 Å². The molecule has 0 aromatic carbocycles. The molecule has 1 aromatic heterocycles. The van der Waals surface area contributed by atoms with Crippen molar-refractivity contribution < 1.29 is 4.74 Å². The predicted molar refractivity (Wildman–Crippen MR) is 50.9 cm³/mol. The van der Waals surface area contributed by atoms with Gasteiger partial charge in [-0.25, -0.2) is 9.99 Å². The molecule has 0 aliphatic carbocycles. The van der Waals surface area contributed by atoms with Crippen LogP contribution in [0.15, 0.2) is 6.20 Å². The number of methoxy groups -OCH3 is 1. The third-order valence-corrected chi connectivity index (χ3v) is 1.51. The van der Waals surface area contributed by atoms with E-state index in [1.54, 1.807) is 5.01 Å². The molecule has 0 fully saturated rings. The van der Waals surface area contributed by atoms with Crippen molar-refractivity contribution in [3.63, 3.8) is 0 Å². The van der Waals surface area contributed by atoms with E-state index in [0.717, 1.165) is 0 Å². The second kappa shape index (κ2) is 4.25. The largest absolute Gasteiger partial charge is 0.467 e. The maximum absolute atomic E-state index is 5.83. The van der Waals surface area contributed by atoms with E-state index in [4.69, 9.17) is 16.3 Å². The first-order valence-electron chi connectivity index (χ1n) is 3.64. The van der Waals surface area contributed by atoms with Crippen LogP contribution >= 0.6 is 11.6 Å². The fourth-order valence-corrected chi connectivity index (χ4v) is 0.873. The molecule has 0 radical (unpaired) electrons. The zero-order valence-electron chi connectivity index (χ0n) is 7.71. The third kappa shape index (κ3) is 2.71. The monoisotopic (exact) mass is 202 g/mol. The summed E-state index contributed by atoms with van der Waals surface area (Å²) in [7, 11) is 5.18. The van der Waals surface area contributed by atoms with Gasteiger partial charge in [0.1, 0.15) is 5.02 Å². The van der Waals surface area contributed by atoms with Crippen molar-refractivity contribution in [1.29, 1.82) is 0 Å². The molecule has 0 saturated carbocycles. The molecule has 1 rings (SSSR count). The lowest BCUT2D eigenvalue weighted by Crippen LogP contribution is -2.20. The van der Waals surface area contributed by atoms with Gasteiger partial charge in [0.05, 0.1) is 13.3 Å². The Kier molecular flexibility index (Phi) is 3.27. The summed E-state index contributed by atoms with van der Waals surface area (Å²) in [6, 6.07) is 0.286. The molecule has 0 aliphatic rings. The number of hydrogen-bond acceptors (Lipinski definition) is 5. The Balaban J connectivity index is 2.90. The van der Waals surface area contributed by atoms with E-state index in [2.05, 4.69) is 15.4 Å². The zero-order valence-corrected chi connectivity index (χ0v) is 8.46. The van der Waals surface area contributed by atoms with Gasteiger partial charge in [0.2, 0.25) is 0 Å². The summed E-state index contributed by atoms with van der Waals surface area (Å²) in [4.78, 5) is 7.85. The first-order chi connectivity index (χ1) is 6.13. The molecular weight excluding hydrogens is 192 g/mol. The van der Waals surface area contributed by atoms with E-state index in [1.165, 1.54) is 13.3 Å². The quantitative estimate of drug-likeness (QED) is 0.742. The van der Waals surface area contributed by atoms with Crippen LogP contribution in [0.3, 0.4) is 0 Å². The van der Waals surface area contributed by atoms with E-state index >= 15 is 0 Å². The van der Waals surface area contributed by atoms with Crippen LogP contribution < -0.4 is 10.2 Å². The summed E-state index contributed by atoms with van der Waals surface area (Å²) in [5.41, 5.74) is 2.92.